The van der Waals surface area contributed by atoms with E-state index >= 15 is 0 Å². The van der Waals surface area contributed by atoms with Gasteiger partial charge in [0.1, 0.15) is 0 Å². The lowest BCUT2D eigenvalue weighted by Crippen LogP contribution is -2.00. The third kappa shape index (κ3) is 3.82. The van der Waals surface area contributed by atoms with Gasteiger partial charge in [0.2, 0.25) is 0 Å². The van der Waals surface area contributed by atoms with Crippen LogP contribution in [0.5, 0.6) is 0 Å². The van der Waals surface area contributed by atoms with Crippen LogP contribution in [0.1, 0.15) is 0 Å². The van der Waals surface area contributed by atoms with Crippen LogP contribution in [0.4, 0.5) is 0 Å². The van der Waals surface area contributed by atoms with Crippen molar-refractivity contribution in [3.63, 3.8) is 0 Å². The second kappa shape index (κ2) is 9.86. The summed E-state index contributed by atoms with van der Waals surface area (Å²) in [5, 5.41) is 10.1. The molecule has 0 saturated carbocycles. The van der Waals surface area contributed by atoms with Crippen LogP contribution in [0, 0.1) is 0 Å². The number of aromatic amines is 1. The van der Waals surface area contributed by atoms with Gasteiger partial charge in [-0.1, -0.05) is 121 Å². The summed E-state index contributed by atoms with van der Waals surface area (Å²) in [5.41, 5.74) is 7.96. The smallest absolute Gasteiger partial charge is 0.0697 e. The Morgan fingerprint density at radius 2 is 0.841 bits per heavy atom. The number of aromatic nitrogens is 2. The van der Waals surface area contributed by atoms with Gasteiger partial charge in [-0.25, -0.2) is 0 Å². The van der Waals surface area contributed by atoms with Crippen LogP contribution in [0.25, 0.3) is 82.0 Å². The molecule has 0 amide bonds. The Labute approximate surface area is 254 Å². The van der Waals surface area contributed by atoms with Crippen molar-refractivity contribution in [2.75, 3.05) is 0 Å². The second-order valence-electron chi connectivity index (χ2n) is 11.4. The molecule has 1 N–H and O–H groups in total. The van der Waals surface area contributed by atoms with E-state index in [1.54, 1.807) is 0 Å². The lowest BCUT2D eigenvalue weighted by molar-refractivity contribution is 1.16. The minimum absolute atomic E-state index is 1.07. The Morgan fingerprint density at radius 3 is 1.57 bits per heavy atom. The van der Waals surface area contributed by atoms with Crippen molar-refractivity contribution in [1.82, 2.24) is 9.55 Å². The molecule has 0 aliphatic heterocycles. The minimum Gasteiger partial charge on any atom is -0.353 e. The molecule has 1 aromatic heterocycles. The SMILES string of the molecule is c1cc(-c2ccc3c4ccccc4c4ccccc4c3c2)cc(-n2c3ccccc3[nH]c3ccccc3c3ccccc32)c1. The first-order chi connectivity index (χ1) is 21.8. The van der Waals surface area contributed by atoms with Crippen molar-refractivity contribution in [3.8, 4) is 16.8 Å². The first kappa shape index (κ1) is 24.7. The summed E-state index contributed by atoms with van der Waals surface area (Å²) in [6, 6.07) is 59.3. The molecule has 0 spiro atoms. The quantitative estimate of drug-likeness (QED) is 0.203. The maximum atomic E-state index is 3.74. The summed E-state index contributed by atoms with van der Waals surface area (Å²) in [4.78, 5) is 3.74. The van der Waals surface area contributed by atoms with Crippen LogP contribution in [-0.4, -0.2) is 9.55 Å². The van der Waals surface area contributed by atoms with Gasteiger partial charge < -0.3 is 9.55 Å². The first-order valence-corrected chi connectivity index (χ1v) is 15.1. The van der Waals surface area contributed by atoms with E-state index in [0.29, 0.717) is 0 Å². The molecule has 0 aliphatic carbocycles. The Morgan fingerprint density at radius 1 is 0.318 bits per heavy atom. The monoisotopic (exact) mass is 560 g/mol. The molecule has 0 fully saturated rings. The number of fused-ring (bicyclic) bond motifs is 10. The molecule has 9 rings (SSSR count). The van der Waals surface area contributed by atoms with Crippen molar-refractivity contribution in [1.29, 1.82) is 0 Å². The van der Waals surface area contributed by atoms with Crippen molar-refractivity contribution >= 4 is 65.2 Å². The Balaban J connectivity index is 1.34. The number of benzene rings is 8. The normalized spacial score (nSPS) is 11.6. The number of nitrogens with one attached hydrogen (secondary N) is 1. The highest BCUT2D eigenvalue weighted by atomic mass is 15.0. The maximum absolute atomic E-state index is 3.74. The van der Waals surface area contributed by atoms with E-state index in [1.165, 1.54) is 54.2 Å². The Bertz CT molecular complexity index is 2580. The summed E-state index contributed by atoms with van der Waals surface area (Å²) in [5.74, 6) is 0. The second-order valence-corrected chi connectivity index (χ2v) is 11.4. The summed E-state index contributed by atoms with van der Waals surface area (Å²) < 4.78 is 2.39. The van der Waals surface area contributed by atoms with Gasteiger partial charge in [-0.15, -0.1) is 0 Å². The van der Waals surface area contributed by atoms with Crippen molar-refractivity contribution < 1.29 is 0 Å². The highest BCUT2D eigenvalue weighted by molar-refractivity contribution is 6.25. The zero-order chi connectivity index (χ0) is 29.0. The fourth-order valence-corrected chi connectivity index (χ4v) is 6.96. The molecular formula is C42H28N2. The lowest BCUT2D eigenvalue weighted by atomic mass is 9.92. The van der Waals surface area contributed by atoms with Crippen LogP contribution in [0.15, 0.2) is 164 Å². The van der Waals surface area contributed by atoms with E-state index in [-0.39, 0.29) is 0 Å². The fraction of sp³-hybridized carbons (Fsp3) is 0. The van der Waals surface area contributed by atoms with E-state index in [2.05, 4.69) is 173 Å². The lowest BCUT2D eigenvalue weighted by Gasteiger charge is -2.17. The number of para-hydroxylation sites is 4. The Kier molecular flexibility index (Phi) is 5.54. The average Bonchev–Trinajstić information content (AvgIpc) is 3.09. The molecule has 0 bridgehead atoms. The molecule has 8 aromatic carbocycles. The zero-order valence-corrected chi connectivity index (χ0v) is 24.0. The van der Waals surface area contributed by atoms with Gasteiger partial charge in [0.05, 0.1) is 16.6 Å². The molecule has 0 aliphatic rings. The number of hydrogen-bond acceptors (Lipinski definition) is 0. The molecule has 0 atom stereocenters. The number of hydrogen-bond donors (Lipinski definition) is 1. The van der Waals surface area contributed by atoms with Crippen molar-refractivity contribution in [3.05, 3.63) is 164 Å². The highest BCUT2D eigenvalue weighted by Crippen LogP contribution is 2.37. The standard InChI is InChI=1S/C42H28N2/c1-2-16-33-31(14-1)32-15-3-4-17-34(32)38-27-29(24-25-35(33)38)28-12-11-13-30(26-28)44-41-22-9-6-19-37(41)36-18-5-7-20-39(36)43-40-21-8-10-23-42(40)44/h1-27,43H. The summed E-state index contributed by atoms with van der Waals surface area (Å²) >= 11 is 0. The molecule has 206 valence electrons. The van der Waals surface area contributed by atoms with Crippen molar-refractivity contribution in [2.45, 2.75) is 0 Å². The van der Waals surface area contributed by atoms with E-state index in [1.807, 2.05) is 0 Å². The van der Waals surface area contributed by atoms with Crippen LogP contribution in [-0.2, 0) is 0 Å². The van der Waals surface area contributed by atoms with E-state index in [4.69, 9.17) is 0 Å². The van der Waals surface area contributed by atoms with Crippen LogP contribution < -0.4 is 0 Å². The molecule has 44 heavy (non-hydrogen) atoms. The molecule has 2 heteroatoms. The van der Waals surface area contributed by atoms with Gasteiger partial charge >= 0.3 is 0 Å². The number of rotatable bonds is 2. The van der Waals surface area contributed by atoms with Gasteiger partial charge in [-0.2, -0.15) is 0 Å². The van der Waals surface area contributed by atoms with Crippen LogP contribution in [0.2, 0.25) is 0 Å². The Hall–Kier alpha value is -5.86. The molecule has 0 saturated heterocycles. The molecule has 2 nitrogen and oxygen atoms in total. The molecule has 0 unspecified atom stereocenters. The minimum atomic E-state index is 1.07. The summed E-state index contributed by atoms with van der Waals surface area (Å²) in [6.07, 6.45) is 0. The predicted molar refractivity (Wildman–Crippen MR) is 188 cm³/mol. The van der Waals surface area contributed by atoms with Crippen molar-refractivity contribution in [2.24, 2.45) is 0 Å². The zero-order valence-electron chi connectivity index (χ0n) is 24.0. The summed E-state index contributed by atoms with van der Waals surface area (Å²) in [6.45, 7) is 0. The third-order valence-corrected chi connectivity index (χ3v) is 8.96. The topological polar surface area (TPSA) is 20.7 Å². The van der Waals surface area contributed by atoms with E-state index in [9.17, 15) is 0 Å². The van der Waals surface area contributed by atoms with Gasteiger partial charge in [-0.3, -0.25) is 0 Å². The average molecular weight is 561 g/mol. The van der Waals surface area contributed by atoms with Crippen LogP contribution >= 0.6 is 0 Å². The molecular weight excluding hydrogens is 532 g/mol. The van der Waals surface area contributed by atoms with Gasteiger partial charge in [0.15, 0.2) is 0 Å². The molecule has 1 heterocycles. The van der Waals surface area contributed by atoms with E-state index < -0.39 is 0 Å². The highest BCUT2D eigenvalue weighted by Gasteiger charge is 2.12. The fourth-order valence-electron chi connectivity index (χ4n) is 6.96. The van der Waals surface area contributed by atoms with E-state index in [0.717, 1.165) is 27.8 Å². The maximum Gasteiger partial charge on any atom is 0.0697 e. The third-order valence-electron chi connectivity index (χ3n) is 8.96. The number of H-pyrrole nitrogens is 1. The van der Waals surface area contributed by atoms with Gasteiger partial charge in [0, 0.05) is 22.0 Å². The van der Waals surface area contributed by atoms with Gasteiger partial charge in [0.25, 0.3) is 0 Å². The molecule has 9 aromatic rings. The largest absolute Gasteiger partial charge is 0.353 e. The number of nitrogens with zero attached hydrogens (tertiary/aromatic N) is 1. The molecule has 0 radical (unpaired) electrons. The predicted octanol–water partition coefficient (Wildman–Crippen LogP) is 11.5. The van der Waals surface area contributed by atoms with Gasteiger partial charge in [-0.05, 0) is 85.9 Å². The first-order valence-electron chi connectivity index (χ1n) is 15.1. The van der Waals surface area contributed by atoms with Crippen LogP contribution in [0.3, 0.4) is 0 Å². The summed E-state index contributed by atoms with van der Waals surface area (Å²) in [7, 11) is 0.